The highest BCUT2D eigenvalue weighted by Crippen LogP contribution is 2.28. The fourth-order valence-corrected chi connectivity index (χ4v) is 2.65. The Bertz CT molecular complexity index is 726. The van der Waals surface area contributed by atoms with Crippen LogP contribution in [0, 0.1) is 10.1 Å². The third-order valence-corrected chi connectivity index (χ3v) is 3.81. The Balaban J connectivity index is 2.48. The molecule has 0 radical (unpaired) electrons. The van der Waals surface area contributed by atoms with Gasteiger partial charge in [-0.05, 0) is 12.1 Å². The SMILES string of the molecule is CNc1ccc(S(=O)(=O)Nc2ccon2)c([N+](=O)[O-])c1. The highest BCUT2D eigenvalue weighted by molar-refractivity contribution is 7.92. The van der Waals surface area contributed by atoms with Crippen molar-refractivity contribution in [3.8, 4) is 0 Å². The van der Waals surface area contributed by atoms with Gasteiger partial charge in [-0.3, -0.25) is 14.8 Å². The summed E-state index contributed by atoms with van der Waals surface area (Å²) in [6.07, 6.45) is 1.18. The van der Waals surface area contributed by atoms with Crippen LogP contribution >= 0.6 is 0 Å². The number of benzene rings is 1. The van der Waals surface area contributed by atoms with Gasteiger partial charge in [0.15, 0.2) is 10.7 Å². The number of sulfonamides is 1. The lowest BCUT2D eigenvalue weighted by atomic mass is 10.3. The van der Waals surface area contributed by atoms with Gasteiger partial charge in [0.05, 0.1) is 4.92 Å². The number of nitro groups is 1. The van der Waals surface area contributed by atoms with Gasteiger partial charge >= 0.3 is 0 Å². The number of anilines is 2. The van der Waals surface area contributed by atoms with Gasteiger partial charge in [0.2, 0.25) is 0 Å². The lowest BCUT2D eigenvalue weighted by molar-refractivity contribution is -0.387. The highest BCUT2D eigenvalue weighted by atomic mass is 32.2. The molecule has 0 saturated carbocycles. The standard InChI is InChI=1S/C10H10N4O5S/c1-11-7-2-3-9(8(6-7)14(15)16)20(17,18)13-10-4-5-19-12-10/h2-6,11H,1H3,(H,12,13). The first-order valence-corrected chi connectivity index (χ1v) is 6.82. The minimum absolute atomic E-state index is 0.0583. The summed E-state index contributed by atoms with van der Waals surface area (Å²) >= 11 is 0. The molecule has 0 aliphatic rings. The fraction of sp³-hybridized carbons (Fsp3) is 0.100. The van der Waals surface area contributed by atoms with E-state index in [-0.39, 0.29) is 5.82 Å². The maximum absolute atomic E-state index is 12.1. The van der Waals surface area contributed by atoms with Crippen LogP contribution in [-0.4, -0.2) is 25.5 Å². The zero-order valence-electron chi connectivity index (χ0n) is 10.2. The molecule has 0 aliphatic carbocycles. The monoisotopic (exact) mass is 298 g/mol. The maximum Gasteiger partial charge on any atom is 0.291 e. The van der Waals surface area contributed by atoms with Crippen molar-refractivity contribution >= 4 is 27.2 Å². The van der Waals surface area contributed by atoms with Crippen molar-refractivity contribution in [3.63, 3.8) is 0 Å². The first-order chi connectivity index (χ1) is 9.44. The second-order valence-corrected chi connectivity index (χ2v) is 5.33. The average molecular weight is 298 g/mol. The van der Waals surface area contributed by atoms with Crippen LogP contribution in [0.1, 0.15) is 0 Å². The third kappa shape index (κ3) is 2.69. The zero-order valence-corrected chi connectivity index (χ0v) is 11.0. The molecule has 0 aliphatic heterocycles. The molecule has 2 N–H and O–H groups in total. The van der Waals surface area contributed by atoms with Gasteiger partial charge in [0, 0.05) is 24.9 Å². The summed E-state index contributed by atoms with van der Waals surface area (Å²) < 4.78 is 30.8. The maximum atomic E-state index is 12.1. The van der Waals surface area contributed by atoms with Crippen LogP contribution in [-0.2, 0) is 10.0 Å². The molecule has 2 aromatic rings. The molecule has 9 nitrogen and oxygen atoms in total. The van der Waals surface area contributed by atoms with Gasteiger partial charge in [0.1, 0.15) is 6.26 Å². The van der Waals surface area contributed by atoms with Crippen molar-refractivity contribution in [2.45, 2.75) is 4.90 Å². The smallest absolute Gasteiger partial charge is 0.291 e. The number of hydrogen-bond acceptors (Lipinski definition) is 7. The lowest BCUT2D eigenvalue weighted by Crippen LogP contribution is -2.15. The van der Waals surface area contributed by atoms with Crippen molar-refractivity contribution in [2.24, 2.45) is 0 Å². The largest absolute Gasteiger partial charge is 0.388 e. The molecule has 0 bridgehead atoms. The molecule has 20 heavy (non-hydrogen) atoms. The van der Waals surface area contributed by atoms with E-state index in [9.17, 15) is 18.5 Å². The van der Waals surface area contributed by atoms with Gasteiger partial charge in [-0.1, -0.05) is 5.16 Å². The van der Waals surface area contributed by atoms with Crippen molar-refractivity contribution in [2.75, 3.05) is 17.1 Å². The van der Waals surface area contributed by atoms with Gasteiger partial charge in [0.25, 0.3) is 15.7 Å². The van der Waals surface area contributed by atoms with Crippen molar-refractivity contribution in [1.82, 2.24) is 5.16 Å². The molecule has 1 aromatic carbocycles. The average Bonchev–Trinajstić information content (AvgIpc) is 2.90. The van der Waals surface area contributed by atoms with Crippen LogP contribution in [0.4, 0.5) is 17.2 Å². The number of hydrogen-bond donors (Lipinski definition) is 2. The zero-order chi connectivity index (χ0) is 14.8. The van der Waals surface area contributed by atoms with E-state index < -0.39 is 25.5 Å². The summed E-state index contributed by atoms with van der Waals surface area (Å²) in [6.45, 7) is 0. The van der Waals surface area contributed by atoms with Crippen molar-refractivity contribution < 1.29 is 17.9 Å². The number of nitrogens with one attached hydrogen (secondary N) is 2. The lowest BCUT2D eigenvalue weighted by Gasteiger charge is -2.07. The van der Waals surface area contributed by atoms with Crippen LogP contribution in [0.2, 0.25) is 0 Å². The second-order valence-electron chi connectivity index (χ2n) is 3.68. The first kappa shape index (κ1) is 13.8. The predicted molar refractivity (Wildman–Crippen MR) is 70.0 cm³/mol. The molecule has 0 spiro atoms. The van der Waals surface area contributed by atoms with Gasteiger partial charge in [-0.15, -0.1) is 0 Å². The summed E-state index contributed by atoms with van der Waals surface area (Å²) in [7, 11) is -2.56. The molecule has 1 heterocycles. The molecular formula is C10H10N4O5S. The third-order valence-electron chi connectivity index (χ3n) is 2.41. The molecule has 0 amide bonds. The Morgan fingerprint density at radius 1 is 1.35 bits per heavy atom. The predicted octanol–water partition coefficient (Wildman–Crippen LogP) is 1.43. The summed E-state index contributed by atoms with van der Waals surface area (Å²) in [6, 6.07) is 4.99. The fourth-order valence-electron chi connectivity index (χ4n) is 1.50. The van der Waals surface area contributed by atoms with Crippen LogP contribution in [0.5, 0.6) is 0 Å². The summed E-state index contributed by atoms with van der Waals surface area (Å²) in [5, 5.41) is 17.1. The van der Waals surface area contributed by atoms with E-state index >= 15 is 0 Å². The Hall–Kier alpha value is -2.62. The Kier molecular flexibility index (Phi) is 3.57. The van der Waals surface area contributed by atoms with E-state index in [2.05, 4.69) is 19.7 Å². The van der Waals surface area contributed by atoms with Crippen LogP contribution in [0.25, 0.3) is 0 Å². The molecule has 2 rings (SSSR count). The quantitative estimate of drug-likeness (QED) is 0.631. The number of aromatic nitrogens is 1. The van der Waals surface area contributed by atoms with E-state index in [1.165, 1.54) is 18.4 Å². The van der Waals surface area contributed by atoms with Gasteiger partial charge in [-0.2, -0.15) is 0 Å². The normalized spacial score (nSPS) is 11.1. The molecule has 10 heteroatoms. The summed E-state index contributed by atoms with van der Waals surface area (Å²) in [5.41, 5.74) is -0.107. The summed E-state index contributed by atoms with van der Waals surface area (Å²) in [5.74, 6) is -0.0583. The Morgan fingerprint density at radius 3 is 2.65 bits per heavy atom. The highest BCUT2D eigenvalue weighted by Gasteiger charge is 2.26. The minimum atomic E-state index is -4.13. The molecule has 106 valence electrons. The van der Waals surface area contributed by atoms with E-state index in [4.69, 9.17) is 0 Å². The minimum Gasteiger partial charge on any atom is -0.388 e. The molecule has 0 unspecified atom stereocenters. The van der Waals surface area contributed by atoms with Crippen molar-refractivity contribution in [3.05, 3.63) is 40.6 Å². The van der Waals surface area contributed by atoms with E-state index in [1.54, 1.807) is 7.05 Å². The Morgan fingerprint density at radius 2 is 2.10 bits per heavy atom. The number of nitro benzene ring substituents is 1. The van der Waals surface area contributed by atoms with Gasteiger partial charge in [-0.25, -0.2) is 8.42 Å². The van der Waals surface area contributed by atoms with Crippen LogP contribution in [0.3, 0.4) is 0 Å². The number of nitrogens with zero attached hydrogens (tertiary/aromatic N) is 2. The first-order valence-electron chi connectivity index (χ1n) is 5.33. The molecule has 1 aromatic heterocycles. The van der Waals surface area contributed by atoms with Gasteiger partial charge < -0.3 is 9.84 Å². The van der Waals surface area contributed by atoms with E-state index in [0.29, 0.717) is 5.69 Å². The van der Waals surface area contributed by atoms with E-state index in [1.807, 2.05) is 0 Å². The number of rotatable bonds is 5. The summed E-state index contributed by atoms with van der Waals surface area (Å²) in [4.78, 5) is 9.77. The second kappa shape index (κ2) is 5.17. The van der Waals surface area contributed by atoms with Crippen LogP contribution < -0.4 is 10.0 Å². The Labute approximate surface area is 113 Å². The van der Waals surface area contributed by atoms with E-state index in [0.717, 1.165) is 12.1 Å². The topological polar surface area (TPSA) is 127 Å². The molecule has 0 atom stereocenters. The molecule has 0 fully saturated rings. The van der Waals surface area contributed by atoms with Crippen molar-refractivity contribution in [1.29, 1.82) is 0 Å². The van der Waals surface area contributed by atoms with Crippen LogP contribution in [0.15, 0.2) is 39.9 Å². The molecular weight excluding hydrogens is 288 g/mol. The molecule has 0 saturated heterocycles.